The number of aryl methyl sites for hydroxylation is 1. The second-order valence-corrected chi connectivity index (χ2v) is 5.78. The van der Waals surface area contributed by atoms with Crippen molar-refractivity contribution in [3.63, 3.8) is 0 Å². The van der Waals surface area contributed by atoms with Crippen molar-refractivity contribution in [2.75, 3.05) is 6.61 Å². The summed E-state index contributed by atoms with van der Waals surface area (Å²) in [5.74, 6) is 0.420. The van der Waals surface area contributed by atoms with Crippen molar-refractivity contribution >= 4 is 21.8 Å². The molecule has 1 N–H and O–H groups in total. The third-order valence-corrected chi connectivity index (χ3v) is 4.27. The van der Waals surface area contributed by atoms with Gasteiger partial charge in [-0.1, -0.05) is 6.07 Å². The van der Waals surface area contributed by atoms with Crippen LogP contribution in [-0.4, -0.2) is 16.6 Å². The fraction of sp³-hybridized carbons (Fsp3) is 0.150. The van der Waals surface area contributed by atoms with E-state index in [1.165, 1.54) is 6.07 Å². The molecule has 0 atom stereocenters. The maximum Gasteiger partial charge on any atom is 0.131 e. The van der Waals surface area contributed by atoms with Crippen LogP contribution >= 0.6 is 0 Å². The molecule has 0 spiro atoms. The van der Waals surface area contributed by atoms with Gasteiger partial charge in [0.1, 0.15) is 11.6 Å². The molecule has 0 unspecified atom stereocenters. The molecule has 2 aromatic carbocycles. The Morgan fingerprint density at radius 3 is 2.79 bits per heavy atom. The largest absolute Gasteiger partial charge is 0.494 e. The zero-order valence-electron chi connectivity index (χ0n) is 13.6. The van der Waals surface area contributed by atoms with Crippen LogP contribution in [-0.2, 0) is 0 Å². The van der Waals surface area contributed by atoms with Crippen molar-refractivity contribution in [3.8, 4) is 16.9 Å². The van der Waals surface area contributed by atoms with E-state index in [0.717, 1.165) is 33.1 Å². The standard InChI is InChI=1S/C20H17FN2O/c1-3-24-14-5-6-18(21)16(11-14)13-4-7-19-17(10-13)15-8-9-22-12(2)20(15)23-19/h4-11,23H,3H2,1-2H3. The highest BCUT2D eigenvalue weighted by molar-refractivity contribution is 6.09. The minimum atomic E-state index is -0.254. The predicted molar refractivity (Wildman–Crippen MR) is 94.9 cm³/mol. The highest BCUT2D eigenvalue weighted by Crippen LogP contribution is 2.33. The smallest absolute Gasteiger partial charge is 0.131 e. The zero-order valence-corrected chi connectivity index (χ0v) is 13.6. The highest BCUT2D eigenvalue weighted by atomic mass is 19.1. The quantitative estimate of drug-likeness (QED) is 0.561. The molecule has 0 saturated carbocycles. The third-order valence-electron chi connectivity index (χ3n) is 4.27. The summed E-state index contributed by atoms with van der Waals surface area (Å²) in [5.41, 5.74) is 4.37. The number of nitrogens with one attached hydrogen (secondary N) is 1. The maximum absolute atomic E-state index is 14.3. The van der Waals surface area contributed by atoms with E-state index in [1.807, 2.05) is 38.1 Å². The minimum absolute atomic E-state index is 0.254. The van der Waals surface area contributed by atoms with Gasteiger partial charge in [-0.15, -0.1) is 0 Å². The van der Waals surface area contributed by atoms with Gasteiger partial charge in [-0.05, 0) is 55.8 Å². The van der Waals surface area contributed by atoms with E-state index in [2.05, 4.69) is 9.97 Å². The van der Waals surface area contributed by atoms with E-state index in [9.17, 15) is 4.39 Å². The van der Waals surface area contributed by atoms with Crippen LogP contribution < -0.4 is 4.74 Å². The van der Waals surface area contributed by atoms with Gasteiger partial charge >= 0.3 is 0 Å². The number of hydrogen-bond acceptors (Lipinski definition) is 2. The van der Waals surface area contributed by atoms with Crippen molar-refractivity contribution in [1.29, 1.82) is 0 Å². The third kappa shape index (κ3) is 2.31. The highest BCUT2D eigenvalue weighted by Gasteiger charge is 2.11. The first-order chi connectivity index (χ1) is 11.7. The number of H-pyrrole nitrogens is 1. The molecule has 3 nitrogen and oxygen atoms in total. The molecular weight excluding hydrogens is 303 g/mol. The van der Waals surface area contributed by atoms with Gasteiger partial charge in [0, 0.05) is 28.0 Å². The number of hydrogen-bond donors (Lipinski definition) is 1. The van der Waals surface area contributed by atoms with E-state index < -0.39 is 0 Å². The van der Waals surface area contributed by atoms with Crippen molar-refractivity contribution in [2.45, 2.75) is 13.8 Å². The van der Waals surface area contributed by atoms with Crippen LogP contribution in [0.3, 0.4) is 0 Å². The van der Waals surface area contributed by atoms with Gasteiger partial charge in [0.25, 0.3) is 0 Å². The number of aromatic amines is 1. The lowest BCUT2D eigenvalue weighted by Gasteiger charge is -2.08. The molecular formula is C20H17FN2O. The lowest BCUT2D eigenvalue weighted by molar-refractivity contribution is 0.340. The number of aromatic nitrogens is 2. The van der Waals surface area contributed by atoms with E-state index in [4.69, 9.17) is 4.74 Å². The number of halogens is 1. The average molecular weight is 320 g/mol. The summed E-state index contributed by atoms with van der Waals surface area (Å²) >= 11 is 0. The Morgan fingerprint density at radius 1 is 1.08 bits per heavy atom. The fourth-order valence-electron chi connectivity index (χ4n) is 3.11. The van der Waals surface area contributed by atoms with Gasteiger partial charge in [0.15, 0.2) is 0 Å². The number of nitrogens with zero attached hydrogens (tertiary/aromatic N) is 1. The molecule has 4 rings (SSSR count). The van der Waals surface area contributed by atoms with Crippen molar-refractivity contribution < 1.29 is 9.13 Å². The normalized spacial score (nSPS) is 11.3. The first-order valence-electron chi connectivity index (χ1n) is 7.97. The number of pyridine rings is 1. The lowest BCUT2D eigenvalue weighted by atomic mass is 10.0. The Labute approximate surface area is 139 Å². The molecule has 24 heavy (non-hydrogen) atoms. The summed E-state index contributed by atoms with van der Waals surface area (Å²) in [6, 6.07) is 12.8. The van der Waals surface area contributed by atoms with Gasteiger partial charge in [0.2, 0.25) is 0 Å². The number of benzene rings is 2. The molecule has 0 aliphatic rings. The molecule has 2 heterocycles. The SMILES string of the molecule is CCOc1ccc(F)c(-c2ccc3[nH]c4c(C)nccc4c3c2)c1. The number of rotatable bonds is 3. The Kier molecular flexibility index (Phi) is 3.45. The summed E-state index contributed by atoms with van der Waals surface area (Å²) in [6.07, 6.45) is 1.80. The van der Waals surface area contributed by atoms with Gasteiger partial charge in [-0.3, -0.25) is 4.98 Å². The van der Waals surface area contributed by atoms with Gasteiger partial charge in [0.05, 0.1) is 17.8 Å². The summed E-state index contributed by atoms with van der Waals surface area (Å²) in [6.45, 7) is 4.44. The first kappa shape index (κ1) is 14.7. The molecule has 0 amide bonds. The van der Waals surface area contributed by atoms with Gasteiger partial charge < -0.3 is 9.72 Å². The van der Waals surface area contributed by atoms with Crippen LogP contribution in [0.25, 0.3) is 32.9 Å². The van der Waals surface area contributed by atoms with E-state index in [0.29, 0.717) is 17.9 Å². The van der Waals surface area contributed by atoms with Crippen molar-refractivity contribution in [2.24, 2.45) is 0 Å². The first-order valence-corrected chi connectivity index (χ1v) is 7.97. The predicted octanol–water partition coefficient (Wildman–Crippen LogP) is 5.23. The van der Waals surface area contributed by atoms with Crippen molar-refractivity contribution in [3.05, 3.63) is 60.2 Å². The fourth-order valence-corrected chi connectivity index (χ4v) is 3.11. The molecule has 0 aliphatic carbocycles. The number of ether oxygens (including phenoxy) is 1. The zero-order chi connectivity index (χ0) is 16.7. The van der Waals surface area contributed by atoms with Crippen molar-refractivity contribution in [1.82, 2.24) is 9.97 Å². The average Bonchev–Trinajstić information content (AvgIpc) is 2.96. The summed E-state index contributed by atoms with van der Waals surface area (Å²) in [4.78, 5) is 7.71. The molecule has 0 saturated heterocycles. The summed E-state index contributed by atoms with van der Waals surface area (Å²) in [7, 11) is 0. The van der Waals surface area contributed by atoms with Crippen LogP contribution in [0, 0.1) is 12.7 Å². The second kappa shape index (κ2) is 5.64. The molecule has 120 valence electrons. The molecule has 4 aromatic rings. The van der Waals surface area contributed by atoms with Crippen LogP contribution in [0.4, 0.5) is 4.39 Å². The molecule has 0 radical (unpaired) electrons. The Morgan fingerprint density at radius 2 is 1.96 bits per heavy atom. The second-order valence-electron chi connectivity index (χ2n) is 5.78. The van der Waals surface area contributed by atoms with Crippen LogP contribution in [0.2, 0.25) is 0 Å². The Hall–Kier alpha value is -2.88. The maximum atomic E-state index is 14.3. The number of fused-ring (bicyclic) bond motifs is 3. The van der Waals surface area contributed by atoms with Crippen LogP contribution in [0.1, 0.15) is 12.6 Å². The minimum Gasteiger partial charge on any atom is -0.494 e. The van der Waals surface area contributed by atoms with Crippen LogP contribution in [0.15, 0.2) is 48.7 Å². The molecule has 2 aromatic heterocycles. The van der Waals surface area contributed by atoms with E-state index >= 15 is 0 Å². The summed E-state index contributed by atoms with van der Waals surface area (Å²) in [5, 5.41) is 2.16. The molecule has 0 fully saturated rings. The van der Waals surface area contributed by atoms with E-state index in [-0.39, 0.29) is 5.82 Å². The summed E-state index contributed by atoms with van der Waals surface area (Å²) < 4.78 is 19.8. The molecule has 4 heteroatoms. The van der Waals surface area contributed by atoms with E-state index in [1.54, 1.807) is 18.3 Å². The Bertz CT molecular complexity index is 1050. The van der Waals surface area contributed by atoms with Crippen LogP contribution in [0.5, 0.6) is 5.75 Å². The molecule has 0 bridgehead atoms. The Balaban J connectivity index is 1.93. The lowest BCUT2D eigenvalue weighted by Crippen LogP contribution is -1.93. The van der Waals surface area contributed by atoms with Gasteiger partial charge in [-0.25, -0.2) is 4.39 Å². The van der Waals surface area contributed by atoms with Gasteiger partial charge in [-0.2, -0.15) is 0 Å². The monoisotopic (exact) mass is 320 g/mol. The topological polar surface area (TPSA) is 37.9 Å². The molecule has 0 aliphatic heterocycles.